The van der Waals surface area contributed by atoms with Crippen LogP contribution < -0.4 is 0 Å². The van der Waals surface area contributed by atoms with Crippen LogP contribution in [0.3, 0.4) is 0 Å². The van der Waals surface area contributed by atoms with Crippen LogP contribution in [-0.2, 0) is 0 Å². The molecule has 0 aliphatic rings. The molecule has 28 rings (SSSR count). The third-order valence-electron chi connectivity index (χ3n) is 28.2. The van der Waals surface area contributed by atoms with E-state index in [1.165, 1.54) is 251 Å². The van der Waals surface area contributed by atoms with Crippen molar-refractivity contribution in [2.75, 3.05) is 0 Å². The number of hydrogen-bond donors (Lipinski definition) is 0. The number of benzene rings is 25. The summed E-state index contributed by atoms with van der Waals surface area (Å²) >= 11 is 0. The molecule has 0 amide bonds. The Hall–Kier alpha value is -17.9. The molecule has 28 aromatic rings. The van der Waals surface area contributed by atoms with Gasteiger partial charge in [-0.1, -0.05) is 419 Å². The summed E-state index contributed by atoms with van der Waals surface area (Å²) in [7, 11) is 0. The van der Waals surface area contributed by atoms with E-state index in [0.29, 0.717) is 0 Å². The molecular formula is C133H83N3. The van der Waals surface area contributed by atoms with Crippen LogP contribution in [0.25, 0.3) is 273 Å². The average molecular weight is 1720 g/mol. The van der Waals surface area contributed by atoms with E-state index in [1.807, 2.05) is 30.7 Å². The Bertz CT molecular complexity index is 9750. The fourth-order valence-electron chi connectivity index (χ4n) is 22.1. The van der Waals surface area contributed by atoms with Gasteiger partial charge in [-0.25, -0.2) is 0 Å². The molecule has 630 valence electrons. The molecule has 3 heteroatoms. The molecule has 0 saturated carbocycles. The summed E-state index contributed by atoms with van der Waals surface area (Å²) in [6.07, 6.45) is 5.70. The summed E-state index contributed by atoms with van der Waals surface area (Å²) in [5.74, 6) is 0. The fourth-order valence-corrected chi connectivity index (χ4v) is 22.1. The van der Waals surface area contributed by atoms with Crippen molar-refractivity contribution in [1.29, 1.82) is 0 Å². The predicted octanol–water partition coefficient (Wildman–Crippen LogP) is 36.7. The van der Waals surface area contributed by atoms with E-state index in [2.05, 4.69) is 473 Å². The van der Waals surface area contributed by atoms with Gasteiger partial charge >= 0.3 is 0 Å². The normalized spacial score (nSPS) is 11.7. The van der Waals surface area contributed by atoms with Crippen molar-refractivity contribution in [3.05, 3.63) is 504 Å². The van der Waals surface area contributed by atoms with Gasteiger partial charge < -0.3 is 0 Å². The first-order valence-electron chi connectivity index (χ1n) is 46.8. The van der Waals surface area contributed by atoms with Crippen molar-refractivity contribution in [2.45, 2.75) is 0 Å². The summed E-state index contributed by atoms with van der Waals surface area (Å²) in [5, 5.41) is 35.7. The van der Waals surface area contributed by atoms with Crippen molar-refractivity contribution < 1.29 is 0 Å². The molecule has 136 heavy (non-hydrogen) atoms. The van der Waals surface area contributed by atoms with E-state index >= 15 is 0 Å². The lowest BCUT2D eigenvalue weighted by molar-refractivity contribution is 1.43. The molecule has 0 spiro atoms. The molecule has 0 fully saturated rings. The van der Waals surface area contributed by atoms with Gasteiger partial charge in [0.05, 0.1) is 16.6 Å². The van der Waals surface area contributed by atoms with Gasteiger partial charge in [0.1, 0.15) is 0 Å². The molecule has 0 radical (unpaired) electrons. The third kappa shape index (κ3) is 13.5. The highest BCUT2D eigenvalue weighted by Crippen LogP contribution is 2.53. The Morgan fingerprint density at radius 1 is 0.103 bits per heavy atom. The number of aromatic nitrogens is 3. The second-order valence-corrected chi connectivity index (χ2v) is 35.7. The van der Waals surface area contributed by atoms with Gasteiger partial charge in [-0.05, 0) is 291 Å². The summed E-state index contributed by atoms with van der Waals surface area (Å²) in [6, 6.07) is 177. The van der Waals surface area contributed by atoms with E-state index in [0.717, 1.165) is 21.9 Å². The fraction of sp³-hybridized carbons (Fsp3) is 0. The molecule has 3 heterocycles. The molecule has 25 aromatic carbocycles. The summed E-state index contributed by atoms with van der Waals surface area (Å²) < 4.78 is 0. The zero-order chi connectivity index (χ0) is 89.7. The maximum atomic E-state index is 4.88. The highest BCUT2D eigenvalue weighted by atomic mass is 14.7. The first kappa shape index (κ1) is 79.1. The van der Waals surface area contributed by atoms with Crippen LogP contribution in [0, 0.1) is 0 Å². The minimum Gasteiger partial charge on any atom is -0.256 e. The molecule has 0 aliphatic carbocycles. The Morgan fingerprint density at radius 3 is 0.721 bits per heavy atom. The lowest BCUT2D eigenvalue weighted by Crippen LogP contribution is -1.93. The topological polar surface area (TPSA) is 38.7 Å². The number of nitrogens with zero attached hydrogens (tertiary/aromatic N) is 3. The highest BCUT2D eigenvalue weighted by molar-refractivity contribution is 6.29. The number of hydrogen-bond acceptors (Lipinski definition) is 3. The van der Waals surface area contributed by atoms with Crippen molar-refractivity contribution in [2.24, 2.45) is 0 Å². The third-order valence-corrected chi connectivity index (χ3v) is 28.2. The number of rotatable bonds is 9. The molecule has 0 unspecified atom stereocenters. The SMILES string of the molecule is c1ccc(-c2c3ccccc3c(-c3ccccc3)c3cc(-c4cc5ccccc5c5ncccc45)ccc23)cc1.c1ccc2c(-c3c4ccccc4c(-c4cccc5ccccc45)c4cc(-c5cc6ccccc6c6ncccc56)ccc34)cccc2c1.c1ccc2cc(-c3c4ccccc4c(-c4ccc5ccccc5c4)c4cc(-c5cc6ccccc6c6ncccc56)ccc34)ccc2c1. The Labute approximate surface area is 786 Å². The number of fused-ring (bicyclic) bond motifs is 19. The van der Waals surface area contributed by atoms with Gasteiger partial charge in [-0.3, -0.25) is 15.0 Å². The predicted molar refractivity (Wildman–Crippen MR) is 582 cm³/mol. The molecule has 3 aromatic heterocycles. The minimum atomic E-state index is 1.04. The first-order valence-corrected chi connectivity index (χ1v) is 46.8. The van der Waals surface area contributed by atoms with E-state index in [4.69, 9.17) is 15.0 Å². The summed E-state index contributed by atoms with van der Waals surface area (Å²) in [4.78, 5) is 14.6. The molecule has 0 aliphatic heterocycles. The van der Waals surface area contributed by atoms with Crippen LogP contribution in [-0.4, -0.2) is 15.0 Å². The van der Waals surface area contributed by atoms with Crippen LogP contribution in [0.5, 0.6) is 0 Å². The van der Waals surface area contributed by atoms with Crippen molar-refractivity contribution in [3.63, 3.8) is 0 Å². The Kier molecular flexibility index (Phi) is 19.3. The van der Waals surface area contributed by atoms with Crippen LogP contribution >= 0.6 is 0 Å². The first-order chi connectivity index (χ1) is 67.5. The quantitative estimate of drug-likeness (QED) is 0.107. The zero-order valence-corrected chi connectivity index (χ0v) is 74.3. The van der Waals surface area contributed by atoms with Gasteiger partial charge in [0.15, 0.2) is 0 Å². The van der Waals surface area contributed by atoms with Crippen molar-refractivity contribution in [1.82, 2.24) is 15.0 Å². The Balaban J connectivity index is 0.000000106. The van der Waals surface area contributed by atoms with E-state index < -0.39 is 0 Å². The second-order valence-electron chi connectivity index (χ2n) is 35.7. The van der Waals surface area contributed by atoms with E-state index in [1.54, 1.807) is 0 Å². The standard InChI is InChI=1S/2C47H29N.C39H25N/c1-4-17-34-30(12-1)15-9-22-37(34)45-39-20-7-8-21-40(39)46(38-23-10-16-31-13-2-5-18-35(31)38)44-29-33(25-26-41(44)45)43-28-32-14-3-6-19-36(32)47-42(43)24-11-27-48-47;1-3-12-32-26-36(21-19-30(32)10-1)45-39-16-7-8-17-40(39)46(37-22-20-31-11-2-4-13-33(31)27-37)44-29-35(23-24-41(44)45)43-28-34-14-5-6-15-38(34)47-42(43)18-9-25-48-47;1-3-12-26(13-4-1)37-31-18-9-10-19-32(31)38(27-14-5-2-6-15-27)36-25-29(21-22-33(36)37)35-24-28-16-7-8-17-30(28)39-34(35)20-11-23-40-39/h2*1-29H;1-25H. The lowest BCUT2D eigenvalue weighted by atomic mass is 9.82. The molecule has 0 bridgehead atoms. The average Bonchev–Trinajstić information content (AvgIpc) is 0.638. The van der Waals surface area contributed by atoms with Gasteiger partial charge in [0.2, 0.25) is 0 Å². The smallest absolute Gasteiger partial charge is 0.0786 e. The van der Waals surface area contributed by atoms with E-state index in [9.17, 15) is 0 Å². The maximum Gasteiger partial charge on any atom is 0.0786 e. The molecule has 0 saturated heterocycles. The van der Waals surface area contributed by atoms with E-state index in [-0.39, 0.29) is 0 Å². The molecule has 3 nitrogen and oxygen atoms in total. The highest BCUT2D eigenvalue weighted by Gasteiger charge is 2.26. The Morgan fingerprint density at radius 2 is 0.346 bits per heavy atom. The molecule has 0 N–H and O–H groups in total. The maximum absolute atomic E-state index is 4.88. The van der Waals surface area contributed by atoms with Crippen LogP contribution in [0.2, 0.25) is 0 Å². The van der Waals surface area contributed by atoms with Crippen LogP contribution in [0.4, 0.5) is 0 Å². The van der Waals surface area contributed by atoms with Crippen molar-refractivity contribution >= 4 is 173 Å². The summed E-state index contributed by atoms with van der Waals surface area (Å²) in [6.45, 7) is 0. The van der Waals surface area contributed by atoms with Crippen LogP contribution in [0.1, 0.15) is 0 Å². The zero-order valence-electron chi connectivity index (χ0n) is 74.3. The number of pyridine rings is 3. The van der Waals surface area contributed by atoms with Crippen molar-refractivity contribution in [3.8, 4) is 100 Å². The van der Waals surface area contributed by atoms with Gasteiger partial charge in [0, 0.05) is 50.9 Å². The van der Waals surface area contributed by atoms with Gasteiger partial charge in [0.25, 0.3) is 0 Å². The molecule has 0 atom stereocenters. The monoisotopic (exact) mass is 1720 g/mol. The lowest BCUT2D eigenvalue weighted by Gasteiger charge is -2.21. The largest absolute Gasteiger partial charge is 0.256 e. The van der Waals surface area contributed by atoms with Gasteiger partial charge in [-0.15, -0.1) is 0 Å². The van der Waals surface area contributed by atoms with Crippen LogP contribution in [0.15, 0.2) is 504 Å². The summed E-state index contributed by atoms with van der Waals surface area (Å²) in [5.41, 5.74) is 25.3. The minimum absolute atomic E-state index is 1.04. The molecular weight excluding hydrogens is 1640 g/mol. The second kappa shape index (κ2) is 33.2. The van der Waals surface area contributed by atoms with Gasteiger partial charge in [-0.2, -0.15) is 0 Å².